The fraction of sp³-hybridized carbons (Fsp3) is 0.250. The maximum Gasteiger partial charge on any atom is 0.123 e. The monoisotopic (exact) mass is 136 g/mol. The second-order valence-electron chi connectivity index (χ2n) is 1.94. The molecule has 0 heterocycles. The topological polar surface area (TPSA) is 35.2 Å². The Bertz CT molecular complexity index is 187. The number of methoxy groups -OCH3 is 1. The molecule has 0 atom stereocenters. The Morgan fingerprint density at radius 3 is 3.00 bits per heavy atom. The molecule has 0 fully saturated rings. The maximum atomic E-state index is 5.43. The van der Waals surface area contributed by atoms with Gasteiger partial charge in [-0.25, -0.2) is 0 Å². The van der Waals surface area contributed by atoms with E-state index in [1.807, 2.05) is 12.1 Å². The summed E-state index contributed by atoms with van der Waals surface area (Å²) in [6, 6.07) is 8.41. The summed E-state index contributed by atoms with van der Waals surface area (Å²) < 4.78 is 5.02. The molecule has 0 unspecified atom stereocenters. The van der Waals surface area contributed by atoms with Crippen LogP contribution in [-0.4, -0.2) is 7.11 Å². The molecule has 10 heavy (non-hydrogen) atoms. The van der Waals surface area contributed by atoms with Gasteiger partial charge in [0.25, 0.3) is 0 Å². The average Bonchev–Trinajstić information content (AvgIpc) is 2.04. The Labute approximate surface area is 60.6 Å². The van der Waals surface area contributed by atoms with Crippen molar-refractivity contribution in [1.82, 2.24) is 0 Å². The van der Waals surface area contributed by atoms with Gasteiger partial charge in [-0.1, -0.05) is 12.1 Å². The molecule has 0 saturated heterocycles. The summed E-state index contributed by atoms with van der Waals surface area (Å²) in [5.41, 5.74) is 6.45. The number of nitrogens with two attached hydrogens (primary N) is 1. The van der Waals surface area contributed by atoms with Gasteiger partial charge in [0, 0.05) is 12.1 Å². The van der Waals surface area contributed by atoms with E-state index in [1.165, 1.54) is 0 Å². The quantitative estimate of drug-likeness (QED) is 0.657. The first kappa shape index (κ1) is 7.09. The van der Waals surface area contributed by atoms with Gasteiger partial charge in [-0.2, -0.15) is 0 Å². The summed E-state index contributed by atoms with van der Waals surface area (Å²) in [7, 11) is 1.63. The van der Waals surface area contributed by atoms with Crippen LogP contribution in [0, 0.1) is 6.07 Å². The standard InChI is InChI=1S/C8H10NO/c1-10-8-5-3-2-4-7(8)6-9/h2,4-5H,6,9H2,1H3. The van der Waals surface area contributed by atoms with Gasteiger partial charge in [-0.05, 0) is 12.1 Å². The second-order valence-corrected chi connectivity index (χ2v) is 1.94. The van der Waals surface area contributed by atoms with E-state index < -0.39 is 0 Å². The molecule has 1 aromatic rings. The summed E-state index contributed by atoms with van der Waals surface area (Å²) in [4.78, 5) is 0. The van der Waals surface area contributed by atoms with Crippen molar-refractivity contribution in [3.63, 3.8) is 0 Å². The third-order valence-electron chi connectivity index (χ3n) is 1.35. The van der Waals surface area contributed by atoms with Gasteiger partial charge in [-0.15, -0.1) is 0 Å². The first-order chi connectivity index (χ1) is 4.88. The van der Waals surface area contributed by atoms with E-state index in [1.54, 1.807) is 13.2 Å². The summed E-state index contributed by atoms with van der Waals surface area (Å²) in [5, 5.41) is 0. The van der Waals surface area contributed by atoms with Gasteiger partial charge < -0.3 is 10.5 Å². The van der Waals surface area contributed by atoms with Gasteiger partial charge in [0.05, 0.1) is 7.11 Å². The van der Waals surface area contributed by atoms with Crippen LogP contribution in [0.15, 0.2) is 18.2 Å². The third kappa shape index (κ3) is 1.28. The van der Waals surface area contributed by atoms with Crippen molar-refractivity contribution in [2.75, 3.05) is 7.11 Å². The van der Waals surface area contributed by atoms with Gasteiger partial charge in [0.2, 0.25) is 0 Å². The molecule has 0 aliphatic heterocycles. The predicted molar refractivity (Wildman–Crippen MR) is 39.7 cm³/mol. The lowest BCUT2D eigenvalue weighted by Crippen LogP contribution is -1.98. The molecule has 0 aromatic heterocycles. The molecule has 1 rings (SSSR count). The number of ether oxygens (including phenoxy) is 1. The van der Waals surface area contributed by atoms with Crippen LogP contribution in [0.4, 0.5) is 0 Å². The van der Waals surface area contributed by atoms with E-state index in [2.05, 4.69) is 6.07 Å². The van der Waals surface area contributed by atoms with E-state index >= 15 is 0 Å². The zero-order valence-corrected chi connectivity index (χ0v) is 5.92. The maximum absolute atomic E-state index is 5.43. The van der Waals surface area contributed by atoms with Crippen LogP contribution in [0.3, 0.4) is 0 Å². The molecule has 0 amide bonds. The molecule has 1 radical (unpaired) electrons. The molecule has 1 aromatic carbocycles. The van der Waals surface area contributed by atoms with Gasteiger partial charge in [-0.3, -0.25) is 0 Å². The minimum Gasteiger partial charge on any atom is -0.496 e. The second kappa shape index (κ2) is 3.22. The number of hydrogen-bond acceptors (Lipinski definition) is 2. The zero-order chi connectivity index (χ0) is 7.40. The summed E-state index contributed by atoms with van der Waals surface area (Å²) in [5.74, 6) is 0.810. The first-order valence-corrected chi connectivity index (χ1v) is 3.11. The Balaban J connectivity index is 2.96. The minimum absolute atomic E-state index is 0.512. The normalized spacial score (nSPS) is 9.40. The molecule has 53 valence electrons. The van der Waals surface area contributed by atoms with Crippen LogP contribution in [-0.2, 0) is 6.54 Å². The fourth-order valence-electron chi connectivity index (χ4n) is 0.806. The van der Waals surface area contributed by atoms with Crippen molar-refractivity contribution >= 4 is 0 Å². The Morgan fingerprint density at radius 1 is 1.70 bits per heavy atom. The third-order valence-corrected chi connectivity index (χ3v) is 1.35. The molecule has 2 nitrogen and oxygen atoms in total. The number of rotatable bonds is 2. The molecule has 0 spiro atoms. The highest BCUT2D eigenvalue weighted by molar-refractivity contribution is 5.32. The molecule has 0 aliphatic carbocycles. The van der Waals surface area contributed by atoms with E-state index in [-0.39, 0.29) is 0 Å². The highest BCUT2D eigenvalue weighted by Crippen LogP contribution is 2.15. The highest BCUT2D eigenvalue weighted by Gasteiger charge is 1.96. The molecular weight excluding hydrogens is 126 g/mol. The fourth-order valence-corrected chi connectivity index (χ4v) is 0.806. The van der Waals surface area contributed by atoms with Crippen LogP contribution >= 0.6 is 0 Å². The lowest BCUT2D eigenvalue weighted by atomic mass is 10.2. The summed E-state index contributed by atoms with van der Waals surface area (Å²) >= 11 is 0. The highest BCUT2D eigenvalue weighted by atomic mass is 16.5. The molecular formula is C8H10NO. The van der Waals surface area contributed by atoms with E-state index in [0.717, 1.165) is 11.3 Å². The van der Waals surface area contributed by atoms with Crippen molar-refractivity contribution in [3.8, 4) is 5.75 Å². The van der Waals surface area contributed by atoms with Crippen LogP contribution in [0.2, 0.25) is 0 Å². The zero-order valence-electron chi connectivity index (χ0n) is 5.92. The molecule has 0 bridgehead atoms. The Hall–Kier alpha value is -1.02. The Kier molecular flexibility index (Phi) is 2.29. The largest absolute Gasteiger partial charge is 0.496 e. The molecule has 2 heteroatoms. The van der Waals surface area contributed by atoms with Crippen molar-refractivity contribution in [1.29, 1.82) is 0 Å². The lowest BCUT2D eigenvalue weighted by molar-refractivity contribution is 0.410. The number of benzene rings is 1. The van der Waals surface area contributed by atoms with Gasteiger partial charge in [0.1, 0.15) is 5.75 Å². The van der Waals surface area contributed by atoms with Crippen LogP contribution in [0.5, 0.6) is 5.75 Å². The van der Waals surface area contributed by atoms with E-state index in [9.17, 15) is 0 Å². The van der Waals surface area contributed by atoms with E-state index in [4.69, 9.17) is 10.5 Å². The van der Waals surface area contributed by atoms with E-state index in [0.29, 0.717) is 6.54 Å². The molecule has 2 N–H and O–H groups in total. The van der Waals surface area contributed by atoms with Gasteiger partial charge in [0.15, 0.2) is 0 Å². The lowest BCUT2D eigenvalue weighted by Gasteiger charge is -2.03. The average molecular weight is 136 g/mol. The smallest absolute Gasteiger partial charge is 0.123 e. The van der Waals surface area contributed by atoms with Crippen LogP contribution < -0.4 is 10.5 Å². The SMILES string of the molecule is COc1c[c]ccc1CN. The van der Waals surface area contributed by atoms with Gasteiger partial charge >= 0.3 is 0 Å². The van der Waals surface area contributed by atoms with Crippen LogP contribution in [0.25, 0.3) is 0 Å². The van der Waals surface area contributed by atoms with Crippen molar-refractivity contribution in [3.05, 3.63) is 29.8 Å². The molecule has 0 aliphatic rings. The van der Waals surface area contributed by atoms with Crippen LogP contribution in [0.1, 0.15) is 5.56 Å². The number of hydrogen-bond donors (Lipinski definition) is 1. The minimum atomic E-state index is 0.512. The Morgan fingerprint density at radius 2 is 2.50 bits per heavy atom. The van der Waals surface area contributed by atoms with Crippen molar-refractivity contribution < 1.29 is 4.74 Å². The van der Waals surface area contributed by atoms with Crippen molar-refractivity contribution in [2.24, 2.45) is 5.73 Å². The predicted octanol–water partition coefficient (Wildman–Crippen LogP) is 0.954. The molecule has 0 saturated carbocycles. The first-order valence-electron chi connectivity index (χ1n) is 3.11. The summed E-state index contributed by atoms with van der Waals surface area (Å²) in [6.07, 6.45) is 0. The summed E-state index contributed by atoms with van der Waals surface area (Å²) in [6.45, 7) is 0.512. The van der Waals surface area contributed by atoms with Crippen molar-refractivity contribution in [2.45, 2.75) is 6.54 Å².